The standard InChI is InChI=1S/C8H6N4O3/c13-7-6(9-1-2-10-7)12-4-5(3-11-12)8(14)15/h1-4H,(H,10,13)(H,14,15). The molecule has 76 valence electrons. The van der Waals surface area contributed by atoms with E-state index in [9.17, 15) is 9.59 Å². The van der Waals surface area contributed by atoms with Crippen molar-refractivity contribution in [3.63, 3.8) is 0 Å². The van der Waals surface area contributed by atoms with Gasteiger partial charge in [0.15, 0.2) is 0 Å². The van der Waals surface area contributed by atoms with Crippen LogP contribution in [0.4, 0.5) is 0 Å². The van der Waals surface area contributed by atoms with Crippen LogP contribution >= 0.6 is 0 Å². The minimum atomic E-state index is -1.10. The first kappa shape index (κ1) is 9.13. The summed E-state index contributed by atoms with van der Waals surface area (Å²) in [6.45, 7) is 0. The average Bonchev–Trinajstić information content (AvgIpc) is 2.67. The highest BCUT2D eigenvalue weighted by atomic mass is 16.4. The molecule has 0 saturated heterocycles. The van der Waals surface area contributed by atoms with E-state index in [0.29, 0.717) is 0 Å². The molecule has 0 amide bonds. The molecule has 0 aliphatic carbocycles. The van der Waals surface area contributed by atoms with E-state index in [0.717, 1.165) is 10.9 Å². The van der Waals surface area contributed by atoms with E-state index in [2.05, 4.69) is 15.1 Å². The van der Waals surface area contributed by atoms with Crippen LogP contribution in [0.1, 0.15) is 10.4 Å². The van der Waals surface area contributed by atoms with Gasteiger partial charge in [-0.3, -0.25) is 4.79 Å². The number of nitrogens with one attached hydrogen (secondary N) is 1. The molecule has 2 N–H and O–H groups in total. The number of aromatic amines is 1. The number of aromatic carboxylic acids is 1. The number of hydrogen-bond acceptors (Lipinski definition) is 4. The first-order valence-electron chi connectivity index (χ1n) is 4.00. The highest BCUT2D eigenvalue weighted by Crippen LogP contribution is 2.00. The van der Waals surface area contributed by atoms with Crippen molar-refractivity contribution in [1.29, 1.82) is 0 Å². The van der Waals surface area contributed by atoms with Gasteiger partial charge in [-0.2, -0.15) is 5.10 Å². The Labute approximate surface area is 83.0 Å². The summed E-state index contributed by atoms with van der Waals surface area (Å²) in [5.41, 5.74) is -0.433. The Bertz CT molecular complexity index is 557. The number of carbonyl (C=O) groups is 1. The minimum absolute atomic E-state index is 0.0000491. The van der Waals surface area contributed by atoms with Crippen molar-refractivity contribution in [2.75, 3.05) is 0 Å². The smallest absolute Gasteiger partial charge is 0.338 e. The minimum Gasteiger partial charge on any atom is -0.478 e. The average molecular weight is 206 g/mol. The van der Waals surface area contributed by atoms with Gasteiger partial charge in [0.2, 0.25) is 5.82 Å². The van der Waals surface area contributed by atoms with E-state index in [-0.39, 0.29) is 11.4 Å². The molecular weight excluding hydrogens is 200 g/mol. The topological polar surface area (TPSA) is 101 Å². The summed E-state index contributed by atoms with van der Waals surface area (Å²) < 4.78 is 1.11. The lowest BCUT2D eigenvalue weighted by molar-refractivity contribution is 0.0697. The molecule has 2 heterocycles. The van der Waals surface area contributed by atoms with Crippen molar-refractivity contribution in [3.05, 3.63) is 40.7 Å². The predicted molar refractivity (Wildman–Crippen MR) is 48.9 cm³/mol. The predicted octanol–water partition coefficient (Wildman–Crippen LogP) is -0.346. The summed E-state index contributed by atoms with van der Waals surface area (Å²) in [5, 5.41) is 12.4. The highest BCUT2D eigenvalue weighted by molar-refractivity contribution is 5.86. The summed E-state index contributed by atoms with van der Waals surface area (Å²) in [5.74, 6) is -1.07. The Morgan fingerprint density at radius 2 is 2.33 bits per heavy atom. The first-order chi connectivity index (χ1) is 7.18. The van der Waals surface area contributed by atoms with Gasteiger partial charge in [-0.1, -0.05) is 0 Å². The van der Waals surface area contributed by atoms with Gasteiger partial charge in [0.1, 0.15) is 0 Å². The molecule has 7 nitrogen and oxygen atoms in total. The second-order valence-corrected chi connectivity index (χ2v) is 2.72. The molecule has 0 spiro atoms. The van der Waals surface area contributed by atoms with Crippen LogP contribution in [-0.2, 0) is 0 Å². The number of aromatic nitrogens is 4. The van der Waals surface area contributed by atoms with Gasteiger partial charge in [0.05, 0.1) is 11.8 Å². The third-order valence-electron chi connectivity index (χ3n) is 1.74. The van der Waals surface area contributed by atoms with E-state index in [1.807, 2.05) is 0 Å². The number of rotatable bonds is 2. The van der Waals surface area contributed by atoms with Crippen LogP contribution in [0.3, 0.4) is 0 Å². The van der Waals surface area contributed by atoms with Crippen LogP contribution in [0.15, 0.2) is 29.6 Å². The molecule has 0 aliphatic heterocycles. The lowest BCUT2D eigenvalue weighted by Gasteiger charge is -1.95. The van der Waals surface area contributed by atoms with E-state index in [1.165, 1.54) is 18.6 Å². The van der Waals surface area contributed by atoms with Crippen LogP contribution in [-0.4, -0.2) is 30.8 Å². The van der Waals surface area contributed by atoms with Crippen LogP contribution in [0.5, 0.6) is 0 Å². The SMILES string of the molecule is O=C(O)c1cnn(-c2ncc[nH]c2=O)c1. The summed E-state index contributed by atoms with van der Waals surface area (Å²) >= 11 is 0. The third kappa shape index (κ3) is 1.62. The van der Waals surface area contributed by atoms with E-state index >= 15 is 0 Å². The fraction of sp³-hybridized carbons (Fsp3) is 0. The van der Waals surface area contributed by atoms with E-state index in [4.69, 9.17) is 5.11 Å². The summed E-state index contributed by atoms with van der Waals surface area (Å²) in [6.07, 6.45) is 5.14. The Balaban J connectivity index is 2.51. The Kier molecular flexibility index (Phi) is 2.05. The maximum absolute atomic E-state index is 11.3. The number of hydrogen-bond donors (Lipinski definition) is 2. The maximum Gasteiger partial charge on any atom is 0.338 e. The Morgan fingerprint density at radius 1 is 1.53 bits per heavy atom. The number of H-pyrrole nitrogens is 1. The zero-order chi connectivity index (χ0) is 10.8. The van der Waals surface area contributed by atoms with Crippen LogP contribution in [0.2, 0.25) is 0 Å². The van der Waals surface area contributed by atoms with Crippen molar-refractivity contribution in [1.82, 2.24) is 19.7 Å². The molecule has 7 heteroatoms. The van der Waals surface area contributed by atoms with Crippen LogP contribution < -0.4 is 5.56 Å². The molecule has 2 aromatic rings. The molecule has 2 aromatic heterocycles. The first-order valence-corrected chi connectivity index (χ1v) is 4.00. The molecule has 0 aliphatic rings. The fourth-order valence-corrected chi connectivity index (χ4v) is 1.06. The molecular formula is C8H6N4O3. The number of carboxylic acids is 1. The quantitative estimate of drug-likeness (QED) is 0.699. The van der Waals surface area contributed by atoms with Gasteiger partial charge in [-0.25, -0.2) is 14.5 Å². The molecule has 0 atom stereocenters. The lowest BCUT2D eigenvalue weighted by Crippen LogP contribution is -2.16. The summed E-state index contributed by atoms with van der Waals surface area (Å²) in [4.78, 5) is 28.0. The van der Waals surface area contributed by atoms with Crippen LogP contribution in [0.25, 0.3) is 5.82 Å². The lowest BCUT2D eigenvalue weighted by atomic mass is 10.4. The van der Waals surface area contributed by atoms with Crippen molar-refractivity contribution >= 4 is 5.97 Å². The molecule has 0 radical (unpaired) electrons. The molecule has 15 heavy (non-hydrogen) atoms. The zero-order valence-corrected chi connectivity index (χ0v) is 7.41. The van der Waals surface area contributed by atoms with Gasteiger partial charge in [-0.15, -0.1) is 0 Å². The van der Waals surface area contributed by atoms with Crippen molar-refractivity contribution < 1.29 is 9.90 Å². The zero-order valence-electron chi connectivity index (χ0n) is 7.41. The van der Waals surface area contributed by atoms with Gasteiger partial charge in [0.25, 0.3) is 5.56 Å². The van der Waals surface area contributed by atoms with Gasteiger partial charge >= 0.3 is 5.97 Å². The largest absolute Gasteiger partial charge is 0.478 e. The number of carboxylic acid groups (broad SMARTS) is 1. The van der Waals surface area contributed by atoms with Gasteiger partial charge in [0, 0.05) is 18.6 Å². The normalized spacial score (nSPS) is 10.1. The third-order valence-corrected chi connectivity index (χ3v) is 1.74. The molecule has 0 saturated carbocycles. The van der Waals surface area contributed by atoms with Crippen molar-refractivity contribution in [2.24, 2.45) is 0 Å². The number of nitrogens with zero attached hydrogens (tertiary/aromatic N) is 3. The van der Waals surface area contributed by atoms with E-state index < -0.39 is 11.5 Å². The maximum atomic E-state index is 11.3. The molecule has 0 aromatic carbocycles. The van der Waals surface area contributed by atoms with Gasteiger partial charge < -0.3 is 10.1 Å². The van der Waals surface area contributed by atoms with Crippen molar-refractivity contribution in [3.8, 4) is 5.82 Å². The Morgan fingerprint density at radius 3 is 2.93 bits per heavy atom. The van der Waals surface area contributed by atoms with Gasteiger partial charge in [-0.05, 0) is 0 Å². The summed E-state index contributed by atoms with van der Waals surface area (Å²) in [7, 11) is 0. The fourth-order valence-electron chi connectivity index (χ4n) is 1.06. The van der Waals surface area contributed by atoms with E-state index in [1.54, 1.807) is 0 Å². The molecule has 2 rings (SSSR count). The van der Waals surface area contributed by atoms with Crippen molar-refractivity contribution in [2.45, 2.75) is 0 Å². The molecule has 0 bridgehead atoms. The Hall–Kier alpha value is -2.44. The highest BCUT2D eigenvalue weighted by Gasteiger charge is 2.09. The monoisotopic (exact) mass is 206 g/mol. The second-order valence-electron chi connectivity index (χ2n) is 2.72. The molecule has 0 unspecified atom stereocenters. The second kappa shape index (κ2) is 3.37. The summed E-state index contributed by atoms with van der Waals surface area (Å²) in [6, 6.07) is 0. The van der Waals surface area contributed by atoms with Crippen LogP contribution in [0, 0.1) is 0 Å². The molecule has 0 fully saturated rings.